The number of benzene rings is 2. The third-order valence-electron chi connectivity index (χ3n) is 5.16. The van der Waals surface area contributed by atoms with E-state index >= 15 is 0 Å². The number of amides is 1. The molecule has 1 amide bonds. The van der Waals surface area contributed by atoms with Gasteiger partial charge in [-0.2, -0.15) is 0 Å². The number of anilines is 1. The molecule has 5 nitrogen and oxygen atoms in total. The van der Waals surface area contributed by atoms with Crippen LogP contribution in [0.2, 0.25) is 0 Å². The highest BCUT2D eigenvalue weighted by Crippen LogP contribution is 2.28. The molecule has 1 aromatic heterocycles. The van der Waals surface area contributed by atoms with Gasteiger partial charge in [0.2, 0.25) is 0 Å². The molecule has 1 saturated carbocycles. The van der Waals surface area contributed by atoms with E-state index in [1.165, 1.54) is 12.8 Å². The van der Waals surface area contributed by atoms with Crippen molar-refractivity contribution in [3.8, 4) is 11.4 Å². The molecule has 0 bridgehead atoms. The summed E-state index contributed by atoms with van der Waals surface area (Å²) in [6.45, 7) is 3.43. The number of hydrogen-bond acceptors (Lipinski definition) is 4. The van der Waals surface area contributed by atoms with Crippen molar-refractivity contribution < 1.29 is 4.79 Å². The lowest BCUT2D eigenvalue weighted by Gasteiger charge is -2.21. The van der Waals surface area contributed by atoms with Crippen LogP contribution < -0.4 is 10.2 Å². The minimum atomic E-state index is -0.109. The van der Waals surface area contributed by atoms with E-state index in [2.05, 4.69) is 28.5 Å². The normalized spacial score (nSPS) is 13.2. The number of carbonyl (C=O) groups excluding carboxylic acids is 1. The molecule has 3 aromatic rings. The summed E-state index contributed by atoms with van der Waals surface area (Å²) in [7, 11) is 1.97. The van der Waals surface area contributed by atoms with E-state index in [1.807, 2.05) is 55.3 Å². The zero-order valence-corrected chi connectivity index (χ0v) is 16.9. The lowest BCUT2D eigenvalue weighted by atomic mass is 10.1. The van der Waals surface area contributed by atoms with Crippen LogP contribution in [0.25, 0.3) is 11.4 Å². The standard InChI is InChI=1S/C24H26N4O/c1-17-7-6-10-20(13-17)22-25-15-21(24(29)26-14-18-11-12-18)23(27-22)28(2)16-19-8-4-3-5-9-19/h3-10,13,15,18H,11-12,14,16H2,1-2H3,(H,26,29). The summed E-state index contributed by atoms with van der Waals surface area (Å²) >= 11 is 0. The molecule has 0 spiro atoms. The Kier molecular flexibility index (Phi) is 5.56. The minimum absolute atomic E-state index is 0.109. The molecular weight excluding hydrogens is 360 g/mol. The van der Waals surface area contributed by atoms with Crippen LogP contribution in [0.3, 0.4) is 0 Å². The number of nitrogens with zero attached hydrogens (tertiary/aromatic N) is 3. The number of carbonyl (C=O) groups is 1. The molecule has 4 rings (SSSR count). The van der Waals surface area contributed by atoms with Crippen LogP contribution in [0.5, 0.6) is 0 Å². The molecule has 5 heteroatoms. The first kappa shape index (κ1) is 19.1. The van der Waals surface area contributed by atoms with Gasteiger partial charge in [0.15, 0.2) is 5.82 Å². The Morgan fingerprint density at radius 2 is 1.93 bits per heavy atom. The number of nitrogens with one attached hydrogen (secondary N) is 1. The average molecular weight is 386 g/mol. The highest BCUT2D eigenvalue weighted by molar-refractivity contribution is 5.98. The molecule has 1 fully saturated rings. The number of aromatic nitrogens is 2. The fourth-order valence-electron chi connectivity index (χ4n) is 3.33. The molecule has 1 aliphatic rings. The predicted octanol–water partition coefficient (Wildman–Crippen LogP) is 4.23. The zero-order valence-electron chi connectivity index (χ0n) is 16.9. The molecule has 2 aromatic carbocycles. The Hall–Kier alpha value is -3.21. The van der Waals surface area contributed by atoms with E-state index in [0.29, 0.717) is 29.7 Å². The van der Waals surface area contributed by atoms with Crippen LogP contribution in [0.1, 0.15) is 34.3 Å². The van der Waals surface area contributed by atoms with Crippen molar-refractivity contribution in [1.29, 1.82) is 0 Å². The summed E-state index contributed by atoms with van der Waals surface area (Å²) in [5, 5.41) is 3.04. The number of hydrogen-bond donors (Lipinski definition) is 1. The molecule has 1 heterocycles. The molecule has 29 heavy (non-hydrogen) atoms. The second kappa shape index (κ2) is 8.43. The minimum Gasteiger partial charge on any atom is -0.355 e. The van der Waals surface area contributed by atoms with Crippen molar-refractivity contribution in [1.82, 2.24) is 15.3 Å². The van der Waals surface area contributed by atoms with Crippen LogP contribution in [-0.2, 0) is 6.54 Å². The van der Waals surface area contributed by atoms with Gasteiger partial charge in [0, 0.05) is 31.9 Å². The van der Waals surface area contributed by atoms with Gasteiger partial charge in [-0.15, -0.1) is 0 Å². The molecule has 0 aliphatic heterocycles. The van der Waals surface area contributed by atoms with Crippen LogP contribution in [-0.4, -0.2) is 29.5 Å². The van der Waals surface area contributed by atoms with E-state index < -0.39 is 0 Å². The van der Waals surface area contributed by atoms with Crippen molar-refractivity contribution in [3.63, 3.8) is 0 Å². The van der Waals surface area contributed by atoms with E-state index in [9.17, 15) is 4.79 Å². The Balaban J connectivity index is 1.66. The Morgan fingerprint density at radius 1 is 1.14 bits per heavy atom. The van der Waals surface area contributed by atoms with Gasteiger partial charge in [0.05, 0.1) is 0 Å². The molecule has 1 N–H and O–H groups in total. The molecular formula is C24H26N4O. The SMILES string of the molecule is Cc1cccc(-c2ncc(C(=O)NCC3CC3)c(N(C)Cc3ccccc3)n2)c1. The van der Waals surface area contributed by atoms with Gasteiger partial charge in [-0.25, -0.2) is 9.97 Å². The van der Waals surface area contributed by atoms with Crippen LogP contribution in [0, 0.1) is 12.8 Å². The summed E-state index contributed by atoms with van der Waals surface area (Å²) in [5.41, 5.74) is 3.77. The summed E-state index contributed by atoms with van der Waals surface area (Å²) < 4.78 is 0. The fraction of sp³-hybridized carbons (Fsp3) is 0.292. The maximum absolute atomic E-state index is 12.8. The highest BCUT2D eigenvalue weighted by atomic mass is 16.1. The third kappa shape index (κ3) is 4.80. The van der Waals surface area contributed by atoms with E-state index in [4.69, 9.17) is 4.98 Å². The first-order chi connectivity index (χ1) is 14.1. The molecule has 0 atom stereocenters. The van der Waals surface area contributed by atoms with Crippen molar-refractivity contribution in [2.45, 2.75) is 26.3 Å². The molecule has 0 radical (unpaired) electrons. The van der Waals surface area contributed by atoms with Gasteiger partial charge in [0.25, 0.3) is 5.91 Å². The topological polar surface area (TPSA) is 58.1 Å². The van der Waals surface area contributed by atoms with E-state index in [-0.39, 0.29) is 5.91 Å². The monoisotopic (exact) mass is 386 g/mol. The summed E-state index contributed by atoms with van der Waals surface area (Å²) in [4.78, 5) is 24.2. The molecule has 1 aliphatic carbocycles. The molecule has 0 saturated heterocycles. The van der Waals surface area contributed by atoms with Gasteiger partial charge in [-0.05, 0) is 37.3 Å². The van der Waals surface area contributed by atoms with Crippen LogP contribution in [0.15, 0.2) is 60.8 Å². The molecule has 148 valence electrons. The lowest BCUT2D eigenvalue weighted by Crippen LogP contribution is -2.29. The quantitative estimate of drug-likeness (QED) is 0.660. The fourth-order valence-corrected chi connectivity index (χ4v) is 3.33. The smallest absolute Gasteiger partial charge is 0.256 e. The van der Waals surface area contributed by atoms with Crippen molar-refractivity contribution >= 4 is 11.7 Å². The van der Waals surface area contributed by atoms with Crippen molar-refractivity contribution in [2.75, 3.05) is 18.5 Å². The van der Waals surface area contributed by atoms with E-state index in [1.54, 1.807) is 6.20 Å². The predicted molar refractivity (Wildman–Crippen MR) is 116 cm³/mol. The van der Waals surface area contributed by atoms with Gasteiger partial charge < -0.3 is 10.2 Å². The number of aryl methyl sites for hydroxylation is 1. The zero-order chi connectivity index (χ0) is 20.2. The Labute approximate surface area is 171 Å². The Bertz CT molecular complexity index is 999. The number of rotatable bonds is 7. The second-order valence-electron chi connectivity index (χ2n) is 7.80. The van der Waals surface area contributed by atoms with Crippen LogP contribution >= 0.6 is 0 Å². The highest BCUT2D eigenvalue weighted by Gasteiger charge is 2.24. The average Bonchev–Trinajstić information content (AvgIpc) is 3.57. The largest absolute Gasteiger partial charge is 0.355 e. The van der Waals surface area contributed by atoms with Crippen LogP contribution in [0.4, 0.5) is 5.82 Å². The first-order valence-corrected chi connectivity index (χ1v) is 10.1. The maximum atomic E-state index is 12.8. The van der Waals surface area contributed by atoms with Crippen molar-refractivity contribution in [2.24, 2.45) is 5.92 Å². The summed E-state index contributed by atoms with van der Waals surface area (Å²) in [6.07, 6.45) is 4.05. The van der Waals surface area contributed by atoms with Gasteiger partial charge in [-0.3, -0.25) is 4.79 Å². The van der Waals surface area contributed by atoms with Gasteiger partial charge >= 0.3 is 0 Å². The lowest BCUT2D eigenvalue weighted by molar-refractivity contribution is 0.0951. The molecule has 0 unspecified atom stereocenters. The van der Waals surface area contributed by atoms with Gasteiger partial charge in [0.1, 0.15) is 11.4 Å². The summed E-state index contributed by atoms with van der Waals surface area (Å²) in [5.74, 6) is 1.79. The Morgan fingerprint density at radius 3 is 2.66 bits per heavy atom. The third-order valence-corrected chi connectivity index (χ3v) is 5.16. The maximum Gasteiger partial charge on any atom is 0.256 e. The summed E-state index contributed by atoms with van der Waals surface area (Å²) in [6, 6.07) is 18.3. The van der Waals surface area contributed by atoms with Gasteiger partial charge in [-0.1, -0.05) is 54.1 Å². The first-order valence-electron chi connectivity index (χ1n) is 10.1. The second-order valence-corrected chi connectivity index (χ2v) is 7.80. The van der Waals surface area contributed by atoms with Crippen molar-refractivity contribution in [3.05, 3.63) is 77.5 Å². The van der Waals surface area contributed by atoms with E-state index in [0.717, 1.165) is 23.2 Å².